The Morgan fingerprint density at radius 3 is 2.94 bits per heavy atom. The van der Waals surface area contributed by atoms with Gasteiger partial charge >= 0.3 is 0 Å². The van der Waals surface area contributed by atoms with E-state index in [4.69, 9.17) is 4.98 Å². The van der Waals surface area contributed by atoms with E-state index in [2.05, 4.69) is 39.4 Å². The van der Waals surface area contributed by atoms with E-state index < -0.39 is 0 Å². The number of fused-ring (bicyclic) bond motifs is 2. The molecule has 16 heavy (non-hydrogen) atoms. The van der Waals surface area contributed by atoms with E-state index in [-0.39, 0.29) is 0 Å². The molecule has 1 saturated heterocycles. The third kappa shape index (κ3) is 1.30. The van der Waals surface area contributed by atoms with Gasteiger partial charge < -0.3 is 5.32 Å². The standard InChI is InChI=1S/C12H11BrN2S/c13-6-1-2-10-9(3-6)15-12(16-10)11-7-4-14-5-8(7)11/h1-3,7-8,11,14H,4-5H2. The normalized spacial score (nSPS) is 31.9. The van der Waals surface area contributed by atoms with Gasteiger partial charge in [-0.15, -0.1) is 11.3 Å². The summed E-state index contributed by atoms with van der Waals surface area (Å²) in [6, 6.07) is 6.38. The molecule has 1 aliphatic carbocycles. The number of aromatic nitrogens is 1. The van der Waals surface area contributed by atoms with E-state index in [1.807, 2.05) is 11.3 Å². The van der Waals surface area contributed by atoms with Gasteiger partial charge in [-0.3, -0.25) is 0 Å². The van der Waals surface area contributed by atoms with Crippen LogP contribution < -0.4 is 5.32 Å². The predicted octanol–water partition coefficient (Wildman–Crippen LogP) is 2.99. The number of nitrogens with one attached hydrogen (secondary N) is 1. The third-order valence-electron chi connectivity index (χ3n) is 3.74. The minimum atomic E-state index is 0.748. The highest BCUT2D eigenvalue weighted by Crippen LogP contribution is 2.56. The number of piperidine rings is 1. The van der Waals surface area contributed by atoms with Crippen LogP contribution in [-0.2, 0) is 0 Å². The fourth-order valence-corrected chi connectivity index (χ4v) is 4.39. The molecule has 2 atom stereocenters. The first-order chi connectivity index (χ1) is 7.83. The Labute approximate surface area is 106 Å². The van der Waals surface area contributed by atoms with Crippen LogP contribution in [0.2, 0.25) is 0 Å². The maximum Gasteiger partial charge on any atom is 0.0976 e. The molecular weight excluding hydrogens is 284 g/mol. The van der Waals surface area contributed by atoms with E-state index in [1.165, 1.54) is 22.8 Å². The number of nitrogens with zero attached hydrogens (tertiary/aromatic N) is 1. The van der Waals surface area contributed by atoms with Gasteiger partial charge in [0.05, 0.1) is 15.2 Å². The zero-order chi connectivity index (χ0) is 10.7. The fraction of sp³-hybridized carbons (Fsp3) is 0.417. The molecule has 2 fully saturated rings. The molecule has 4 heteroatoms. The second-order valence-electron chi connectivity index (χ2n) is 4.68. The van der Waals surface area contributed by atoms with Gasteiger partial charge in [0.15, 0.2) is 0 Å². The van der Waals surface area contributed by atoms with Gasteiger partial charge in [0.1, 0.15) is 0 Å². The summed E-state index contributed by atoms with van der Waals surface area (Å²) in [5, 5.41) is 4.79. The van der Waals surface area contributed by atoms with Crippen LogP contribution in [-0.4, -0.2) is 18.1 Å². The smallest absolute Gasteiger partial charge is 0.0976 e. The minimum Gasteiger partial charge on any atom is -0.316 e. The molecule has 1 saturated carbocycles. The molecule has 4 rings (SSSR count). The maximum atomic E-state index is 4.78. The maximum absolute atomic E-state index is 4.78. The number of benzene rings is 1. The highest BCUT2D eigenvalue weighted by atomic mass is 79.9. The first kappa shape index (κ1) is 9.57. The summed E-state index contributed by atoms with van der Waals surface area (Å²) in [5.41, 5.74) is 1.15. The van der Waals surface area contributed by atoms with Gasteiger partial charge in [-0.25, -0.2) is 4.98 Å². The highest BCUT2D eigenvalue weighted by molar-refractivity contribution is 9.10. The molecule has 2 nitrogen and oxygen atoms in total. The Balaban J connectivity index is 1.76. The van der Waals surface area contributed by atoms with Crippen molar-refractivity contribution in [2.45, 2.75) is 5.92 Å². The van der Waals surface area contributed by atoms with Crippen LogP contribution >= 0.6 is 27.3 Å². The number of rotatable bonds is 1. The topological polar surface area (TPSA) is 24.9 Å². The van der Waals surface area contributed by atoms with Crippen molar-refractivity contribution in [1.82, 2.24) is 10.3 Å². The first-order valence-corrected chi connectivity index (χ1v) is 7.20. The number of halogens is 1. The Kier molecular flexibility index (Phi) is 1.96. The van der Waals surface area contributed by atoms with E-state index in [1.54, 1.807) is 0 Å². The van der Waals surface area contributed by atoms with Crippen molar-refractivity contribution in [3.8, 4) is 0 Å². The molecule has 1 N–H and O–H groups in total. The molecule has 2 unspecified atom stereocenters. The van der Waals surface area contributed by atoms with Gasteiger partial charge in [0.2, 0.25) is 0 Å². The molecular formula is C12H11BrN2S. The summed E-state index contributed by atoms with van der Waals surface area (Å²) < 4.78 is 2.44. The number of thiazole rings is 1. The lowest BCUT2D eigenvalue weighted by Gasteiger charge is -1.98. The van der Waals surface area contributed by atoms with Crippen molar-refractivity contribution < 1.29 is 0 Å². The third-order valence-corrected chi connectivity index (χ3v) is 5.37. The van der Waals surface area contributed by atoms with Gasteiger partial charge in [0.25, 0.3) is 0 Å². The summed E-state index contributed by atoms with van der Waals surface area (Å²) in [6.45, 7) is 2.38. The molecule has 0 amide bonds. The molecule has 2 heterocycles. The van der Waals surface area contributed by atoms with Gasteiger partial charge in [-0.1, -0.05) is 15.9 Å². The average molecular weight is 295 g/mol. The summed E-state index contributed by atoms with van der Waals surface area (Å²) in [7, 11) is 0. The van der Waals surface area contributed by atoms with Gasteiger partial charge in [-0.05, 0) is 43.1 Å². The van der Waals surface area contributed by atoms with E-state index in [0.29, 0.717) is 0 Å². The number of hydrogen-bond acceptors (Lipinski definition) is 3. The Hall–Kier alpha value is -0.450. The van der Waals surface area contributed by atoms with Crippen molar-refractivity contribution in [1.29, 1.82) is 0 Å². The van der Waals surface area contributed by atoms with Gasteiger partial charge in [-0.2, -0.15) is 0 Å². The van der Waals surface area contributed by atoms with Crippen LogP contribution in [0.1, 0.15) is 10.9 Å². The number of hydrogen-bond donors (Lipinski definition) is 1. The van der Waals surface area contributed by atoms with E-state index in [0.717, 1.165) is 27.7 Å². The molecule has 0 bridgehead atoms. The van der Waals surface area contributed by atoms with Crippen LogP contribution in [0.4, 0.5) is 0 Å². The van der Waals surface area contributed by atoms with Crippen molar-refractivity contribution >= 4 is 37.5 Å². The lowest BCUT2D eigenvalue weighted by molar-refractivity contribution is 0.683. The average Bonchev–Trinajstić information content (AvgIpc) is 2.68. The highest BCUT2D eigenvalue weighted by Gasteiger charge is 2.54. The summed E-state index contributed by atoms with van der Waals surface area (Å²) in [5.74, 6) is 2.48. The van der Waals surface area contributed by atoms with Gasteiger partial charge in [0, 0.05) is 10.4 Å². The zero-order valence-corrected chi connectivity index (χ0v) is 11.0. The van der Waals surface area contributed by atoms with Crippen molar-refractivity contribution in [2.75, 3.05) is 13.1 Å². The monoisotopic (exact) mass is 294 g/mol. The Morgan fingerprint density at radius 2 is 2.12 bits per heavy atom. The lowest BCUT2D eigenvalue weighted by Crippen LogP contribution is -2.13. The van der Waals surface area contributed by atoms with Crippen LogP contribution in [0.3, 0.4) is 0 Å². The SMILES string of the molecule is Brc1ccc2sc(C3C4CNCC43)nc2c1. The minimum absolute atomic E-state index is 0.748. The molecule has 82 valence electrons. The summed E-state index contributed by atoms with van der Waals surface area (Å²) in [6.07, 6.45) is 0. The van der Waals surface area contributed by atoms with Crippen molar-refractivity contribution in [2.24, 2.45) is 11.8 Å². The predicted molar refractivity (Wildman–Crippen MR) is 69.9 cm³/mol. The zero-order valence-electron chi connectivity index (χ0n) is 8.61. The fourth-order valence-electron chi connectivity index (χ4n) is 2.85. The summed E-state index contributed by atoms with van der Waals surface area (Å²) >= 11 is 5.37. The van der Waals surface area contributed by atoms with Crippen molar-refractivity contribution in [3.05, 3.63) is 27.7 Å². The Bertz CT molecular complexity index is 555. The van der Waals surface area contributed by atoms with Crippen molar-refractivity contribution in [3.63, 3.8) is 0 Å². The van der Waals surface area contributed by atoms with Crippen LogP contribution in [0.5, 0.6) is 0 Å². The Morgan fingerprint density at radius 1 is 1.31 bits per heavy atom. The lowest BCUT2D eigenvalue weighted by atomic mass is 10.3. The summed E-state index contributed by atoms with van der Waals surface area (Å²) in [4.78, 5) is 4.78. The largest absolute Gasteiger partial charge is 0.316 e. The quantitative estimate of drug-likeness (QED) is 0.875. The second kappa shape index (κ2) is 3.28. The second-order valence-corrected chi connectivity index (χ2v) is 6.65. The first-order valence-electron chi connectivity index (χ1n) is 5.59. The molecule has 1 aromatic heterocycles. The molecule has 2 aromatic rings. The van der Waals surface area contributed by atoms with Crippen LogP contribution in [0.25, 0.3) is 10.2 Å². The van der Waals surface area contributed by atoms with Crippen LogP contribution in [0, 0.1) is 11.8 Å². The molecule has 1 aliphatic heterocycles. The molecule has 2 aliphatic rings. The van der Waals surface area contributed by atoms with E-state index >= 15 is 0 Å². The molecule has 1 aromatic carbocycles. The van der Waals surface area contributed by atoms with Crippen LogP contribution in [0.15, 0.2) is 22.7 Å². The molecule has 0 spiro atoms. The van der Waals surface area contributed by atoms with E-state index in [9.17, 15) is 0 Å². The molecule has 0 radical (unpaired) electrons.